The van der Waals surface area contributed by atoms with Crippen molar-refractivity contribution in [1.82, 2.24) is 15.1 Å². The maximum absolute atomic E-state index is 12.2. The highest BCUT2D eigenvalue weighted by Crippen LogP contribution is 2.18. The molecule has 0 bridgehead atoms. The number of guanidine groups is 1. The number of likely N-dealkylation sites (N-methyl/N-ethyl adjacent to an activating group) is 1. The van der Waals surface area contributed by atoms with Crippen molar-refractivity contribution in [2.75, 3.05) is 33.7 Å². The number of hydrogen-bond acceptors (Lipinski definition) is 3. The van der Waals surface area contributed by atoms with Crippen molar-refractivity contribution < 1.29 is 4.79 Å². The maximum atomic E-state index is 12.2. The number of rotatable bonds is 10. The van der Waals surface area contributed by atoms with E-state index in [1.807, 2.05) is 14.1 Å². The maximum Gasteiger partial charge on any atom is 0.239 e. The van der Waals surface area contributed by atoms with E-state index in [0.29, 0.717) is 18.5 Å². The lowest BCUT2D eigenvalue weighted by molar-refractivity contribution is -0.133. The van der Waals surface area contributed by atoms with Gasteiger partial charge in [-0.2, -0.15) is 0 Å². The van der Waals surface area contributed by atoms with Gasteiger partial charge in [-0.3, -0.25) is 14.7 Å². The summed E-state index contributed by atoms with van der Waals surface area (Å²) in [4.78, 5) is 20.6. The molecule has 1 rings (SSSR count). The zero-order chi connectivity index (χ0) is 18.8. The minimum atomic E-state index is 0.0513. The molecule has 0 radical (unpaired) electrons. The Labute approximate surface area is 154 Å². The van der Waals surface area contributed by atoms with Gasteiger partial charge in [0.15, 0.2) is 5.96 Å². The SMILES string of the molecule is CC(C)CCCC(C)NC(N)=NCCCN1CCCC1C(=O)N(C)C. The quantitative estimate of drug-likeness (QED) is 0.358. The molecule has 0 aromatic carbocycles. The predicted molar refractivity (Wildman–Crippen MR) is 106 cm³/mol. The van der Waals surface area contributed by atoms with Crippen LogP contribution in [0.5, 0.6) is 0 Å². The number of likely N-dealkylation sites (tertiary alicyclic amines) is 1. The molecule has 2 atom stereocenters. The van der Waals surface area contributed by atoms with Gasteiger partial charge in [-0.25, -0.2) is 0 Å². The Bertz CT molecular complexity index is 422. The van der Waals surface area contributed by atoms with Crippen molar-refractivity contribution in [1.29, 1.82) is 0 Å². The molecule has 1 aliphatic rings. The summed E-state index contributed by atoms with van der Waals surface area (Å²) in [6, 6.07) is 0.415. The second-order valence-corrected chi connectivity index (χ2v) is 7.92. The molecular formula is C19H39N5O. The van der Waals surface area contributed by atoms with Crippen LogP contribution in [0, 0.1) is 5.92 Å². The number of nitrogens with one attached hydrogen (secondary N) is 1. The fourth-order valence-electron chi connectivity index (χ4n) is 3.35. The molecule has 0 spiro atoms. The molecule has 146 valence electrons. The minimum absolute atomic E-state index is 0.0513. The Kier molecular flexibility index (Phi) is 9.86. The summed E-state index contributed by atoms with van der Waals surface area (Å²) in [7, 11) is 3.66. The normalized spacial score (nSPS) is 20.1. The Morgan fingerprint density at radius 2 is 2.00 bits per heavy atom. The van der Waals surface area contributed by atoms with Crippen molar-refractivity contribution in [3.63, 3.8) is 0 Å². The third-order valence-corrected chi connectivity index (χ3v) is 4.79. The molecule has 6 heteroatoms. The summed E-state index contributed by atoms with van der Waals surface area (Å²) in [6.45, 7) is 9.29. The van der Waals surface area contributed by atoms with Gasteiger partial charge in [-0.15, -0.1) is 0 Å². The number of amides is 1. The van der Waals surface area contributed by atoms with Gasteiger partial charge in [-0.1, -0.05) is 26.7 Å². The molecule has 0 aromatic heterocycles. The summed E-state index contributed by atoms with van der Waals surface area (Å²) in [5.41, 5.74) is 5.98. The first-order valence-electron chi connectivity index (χ1n) is 9.83. The van der Waals surface area contributed by atoms with E-state index in [1.54, 1.807) is 4.90 Å². The highest BCUT2D eigenvalue weighted by Gasteiger charge is 2.30. The molecule has 1 amide bonds. The molecule has 2 unspecified atom stereocenters. The molecule has 0 saturated carbocycles. The van der Waals surface area contributed by atoms with Crippen LogP contribution in [0.2, 0.25) is 0 Å². The van der Waals surface area contributed by atoms with E-state index >= 15 is 0 Å². The van der Waals surface area contributed by atoms with Crippen molar-refractivity contribution >= 4 is 11.9 Å². The molecule has 0 aliphatic carbocycles. The van der Waals surface area contributed by atoms with Gasteiger partial charge in [0, 0.05) is 33.2 Å². The number of hydrogen-bond donors (Lipinski definition) is 2. The highest BCUT2D eigenvalue weighted by molar-refractivity contribution is 5.81. The van der Waals surface area contributed by atoms with E-state index in [-0.39, 0.29) is 11.9 Å². The van der Waals surface area contributed by atoms with Crippen LogP contribution >= 0.6 is 0 Å². The molecule has 6 nitrogen and oxygen atoms in total. The van der Waals surface area contributed by atoms with Crippen molar-refractivity contribution in [3.05, 3.63) is 0 Å². The van der Waals surface area contributed by atoms with Gasteiger partial charge in [0.1, 0.15) is 0 Å². The monoisotopic (exact) mass is 353 g/mol. The van der Waals surface area contributed by atoms with Crippen LogP contribution in [-0.2, 0) is 4.79 Å². The molecule has 3 N–H and O–H groups in total. The Morgan fingerprint density at radius 1 is 1.28 bits per heavy atom. The van der Waals surface area contributed by atoms with Gasteiger partial charge in [0.2, 0.25) is 5.91 Å². The Hall–Kier alpha value is -1.30. The number of nitrogens with zero attached hydrogens (tertiary/aromatic N) is 3. The van der Waals surface area contributed by atoms with E-state index in [9.17, 15) is 4.79 Å². The molecule has 1 aliphatic heterocycles. The minimum Gasteiger partial charge on any atom is -0.370 e. The van der Waals surface area contributed by atoms with E-state index in [1.165, 1.54) is 12.8 Å². The second-order valence-electron chi connectivity index (χ2n) is 7.92. The lowest BCUT2D eigenvalue weighted by atomic mass is 10.0. The largest absolute Gasteiger partial charge is 0.370 e. The zero-order valence-corrected chi connectivity index (χ0v) is 16.9. The van der Waals surface area contributed by atoms with Crippen LogP contribution in [0.3, 0.4) is 0 Å². The molecule has 1 heterocycles. The topological polar surface area (TPSA) is 74.0 Å². The highest BCUT2D eigenvalue weighted by atomic mass is 16.2. The summed E-state index contributed by atoms with van der Waals surface area (Å²) in [5.74, 6) is 1.52. The van der Waals surface area contributed by atoms with E-state index in [4.69, 9.17) is 5.73 Å². The van der Waals surface area contributed by atoms with Crippen LogP contribution < -0.4 is 11.1 Å². The van der Waals surface area contributed by atoms with Crippen molar-refractivity contribution in [3.8, 4) is 0 Å². The smallest absolute Gasteiger partial charge is 0.239 e. The molecule has 0 aromatic rings. The second kappa shape index (κ2) is 11.3. The summed E-state index contributed by atoms with van der Waals surface area (Å²) < 4.78 is 0. The lowest BCUT2D eigenvalue weighted by Crippen LogP contribution is -2.43. The van der Waals surface area contributed by atoms with Crippen LogP contribution in [0.25, 0.3) is 0 Å². The number of aliphatic imine (C=N–C) groups is 1. The summed E-state index contributed by atoms with van der Waals surface area (Å²) in [5, 5.41) is 3.28. The van der Waals surface area contributed by atoms with Crippen LogP contribution in [0.1, 0.15) is 59.3 Å². The van der Waals surface area contributed by atoms with Gasteiger partial charge in [0.25, 0.3) is 0 Å². The average Bonchev–Trinajstić information content (AvgIpc) is 2.98. The van der Waals surface area contributed by atoms with Crippen LogP contribution in [0.15, 0.2) is 4.99 Å². The number of carbonyl (C=O) groups is 1. The van der Waals surface area contributed by atoms with Gasteiger partial charge >= 0.3 is 0 Å². The molecule has 1 saturated heterocycles. The van der Waals surface area contributed by atoms with E-state index in [2.05, 4.69) is 36.0 Å². The van der Waals surface area contributed by atoms with Crippen molar-refractivity contribution in [2.45, 2.75) is 71.4 Å². The van der Waals surface area contributed by atoms with Crippen molar-refractivity contribution in [2.24, 2.45) is 16.6 Å². The molecule has 25 heavy (non-hydrogen) atoms. The Morgan fingerprint density at radius 3 is 2.64 bits per heavy atom. The third-order valence-electron chi connectivity index (χ3n) is 4.79. The number of nitrogens with two attached hydrogens (primary N) is 1. The lowest BCUT2D eigenvalue weighted by Gasteiger charge is -2.25. The zero-order valence-electron chi connectivity index (χ0n) is 16.9. The van der Waals surface area contributed by atoms with Gasteiger partial charge in [0.05, 0.1) is 6.04 Å². The molecule has 1 fully saturated rings. The third kappa shape index (κ3) is 8.56. The first-order chi connectivity index (χ1) is 11.8. The van der Waals surface area contributed by atoms with Gasteiger partial charge < -0.3 is 16.0 Å². The fourth-order valence-corrected chi connectivity index (χ4v) is 3.35. The predicted octanol–water partition coefficient (Wildman–Crippen LogP) is 2.05. The fraction of sp³-hybridized carbons (Fsp3) is 0.895. The van der Waals surface area contributed by atoms with Gasteiger partial charge in [-0.05, 0) is 45.1 Å². The average molecular weight is 354 g/mol. The van der Waals surface area contributed by atoms with E-state index in [0.717, 1.165) is 44.7 Å². The van der Waals surface area contributed by atoms with Crippen LogP contribution in [-0.4, -0.2) is 67.5 Å². The van der Waals surface area contributed by atoms with Crippen LogP contribution in [0.4, 0.5) is 0 Å². The molecular weight excluding hydrogens is 314 g/mol. The van der Waals surface area contributed by atoms with E-state index < -0.39 is 0 Å². The standard InChI is InChI=1S/C19H39N5O/c1-15(2)9-6-10-16(3)22-19(20)21-12-8-14-24-13-7-11-17(24)18(25)23(4)5/h15-17H,6-14H2,1-5H3,(H3,20,21,22). The summed E-state index contributed by atoms with van der Waals surface area (Å²) in [6.07, 6.45) is 6.60. The first kappa shape index (κ1) is 21.7. The first-order valence-corrected chi connectivity index (χ1v) is 9.83. The summed E-state index contributed by atoms with van der Waals surface area (Å²) >= 11 is 0. The Balaban J connectivity index is 2.24. The number of carbonyl (C=O) groups excluding carboxylic acids is 1.